The van der Waals surface area contributed by atoms with Crippen molar-refractivity contribution in [3.05, 3.63) is 59.2 Å². The molecular formula is C22H30N2O3. The predicted molar refractivity (Wildman–Crippen MR) is 108 cm³/mol. The number of nitrogens with two attached hydrogens (primary N) is 1. The van der Waals surface area contributed by atoms with Crippen molar-refractivity contribution in [1.82, 2.24) is 5.32 Å². The second-order valence-corrected chi connectivity index (χ2v) is 6.70. The van der Waals surface area contributed by atoms with Crippen molar-refractivity contribution in [2.75, 3.05) is 14.2 Å². The van der Waals surface area contributed by atoms with E-state index in [1.807, 2.05) is 37.3 Å². The molecule has 0 aromatic heterocycles. The Morgan fingerprint density at radius 3 is 2.44 bits per heavy atom. The highest BCUT2D eigenvalue weighted by Crippen LogP contribution is 2.31. The molecule has 2 unspecified atom stereocenters. The number of hydrogen-bond donors (Lipinski definition) is 2. The zero-order valence-electron chi connectivity index (χ0n) is 16.6. The van der Waals surface area contributed by atoms with E-state index in [-0.39, 0.29) is 11.9 Å². The van der Waals surface area contributed by atoms with E-state index in [1.54, 1.807) is 14.2 Å². The normalized spacial score (nSPS) is 12.9. The van der Waals surface area contributed by atoms with E-state index < -0.39 is 6.04 Å². The van der Waals surface area contributed by atoms with Crippen LogP contribution in [0.15, 0.2) is 42.5 Å². The summed E-state index contributed by atoms with van der Waals surface area (Å²) in [5.41, 5.74) is 9.35. The molecule has 0 aliphatic carbocycles. The van der Waals surface area contributed by atoms with Crippen molar-refractivity contribution >= 4 is 5.91 Å². The monoisotopic (exact) mass is 370 g/mol. The number of amides is 1. The lowest BCUT2D eigenvalue weighted by molar-refractivity contribution is -0.123. The maximum absolute atomic E-state index is 12.6. The van der Waals surface area contributed by atoms with E-state index in [4.69, 9.17) is 15.2 Å². The van der Waals surface area contributed by atoms with E-state index in [0.717, 1.165) is 12.0 Å². The first kappa shape index (κ1) is 20.8. The molecule has 0 radical (unpaired) electrons. The third-order valence-corrected chi connectivity index (χ3v) is 4.75. The molecule has 2 rings (SSSR count). The first-order valence-corrected chi connectivity index (χ1v) is 9.32. The lowest BCUT2D eigenvalue weighted by atomic mass is 9.95. The van der Waals surface area contributed by atoms with Crippen LogP contribution in [0.4, 0.5) is 0 Å². The van der Waals surface area contributed by atoms with Crippen molar-refractivity contribution in [3.8, 4) is 11.5 Å². The van der Waals surface area contributed by atoms with Gasteiger partial charge in [-0.1, -0.05) is 43.7 Å². The quantitative estimate of drug-likeness (QED) is 0.708. The number of methoxy groups -OCH3 is 2. The van der Waals surface area contributed by atoms with Gasteiger partial charge in [0.15, 0.2) is 11.5 Å². The molecule has 2 aromatic rings. The van der Waals surface area contributed by atoms with Crippen LogP contribution in [0.2, 0.25) is 0 Å². The number of ether oxygens (including phenoxy) is 2. The zero-order chi connectivity index (χ0) is 19.8. The fraction of sp³-hybridized carbons (Fsp3) is 0.409. The summed E-state index contributed by atoms with van der Waals surface area (Å²) in [6.45, 7) is 4.10. The van der Waals surface area contributed by atoms with Crippen molar-refractivity contribution in [1.29, 1.82) is 0 Å². The first-order valence-electron chi connectivity index (χ1n) is 9.32. The van der Waals surface area contributed by atoms with E-state index in [0.29, 0.717) is 24.3 Å². The van der Waals surface area contributed by atoms with Gasteiger partial charge in [0.2, 0.25) is 5.91 Å². The molecule has 2 atom stereocenters. The minimum atomic E-state index is -0.505. The summed E-state index contributed by atoms with van der Waals surface area (Å²) in [5.74, 6) is 1.16. The number of rotatable bonds is 9. The van der Waals surface area contributed by atoms with Crippen molar-refractivity contribution in [2.45, 2.75) is 45.2 Å². The predicted octanol–water partition coefficient (Wildman–Crippen LogP) is 3.54. The SMILES string of the molecule is CCCC(N)C(=O)NC(Cc1ccccc1C)c1ccc(OC)c(OC)c1. The van der Waals surface area contributed by atoms with Gasteiger partial charge in [-0.2, -0.15) is 0 Å². The van der Waals surface area contributed by atoms with E-state index in [2.05, 4.69) is 24.4 Å². The maximum Gasteiger partial charge on any atom is 0.237 e. The third-order valence-electron chi connectivity index (χ3n) is 4.75. The third kappa shape index (κ3) is 5.47. The number of benzene rings is 2. The number of hydrogen-bond acceptors (Lipinski definition) is 4. The second kappa shape index (κ2) is 9.97. The maximum atomic E-state index is 12.6. The van der Waals surface area contributed by atoms with E-state index in [1.165, 1.54) is 11.1 Å². The summed E-state index contributed by atoms with van der Waals surface area (Å²) in [7, 11) is 3.21. The minimum Gasteiger partial charge on any atom is -0.493 e. The molecule has 5 nitrogen and oxygen atoms in total. The van der Waals surface area contributed by atoms with Gasteiger partial charge >= 0.3 is 0 Å². The van der Waals surface area contributed by atoms with Gasteiger partial charge in [-0.15, -0.1) is 0 Å². The van der Waals surface area contributed by atoms with Crippen LogP contribution in [-0.2, 0) is 11.2 Å². The lowest BCUT2D eigenvalue weighted by Gasteiger charge is -2.23. The number of carbonyl (C=O) groups is 1. The average molecular weight is 370 g/mol. The lowest BCUT2D eigenvalue weighted by Crippen LogP contribution is -2.42. The molecule has 1 amide bonds. The highest BCUT2D eigenvalue weighted by atomic mass is 16.5. The molecule has 0 aliphatic heterocycles. The summed E-state index contributed by atoms with van der Waals surface area (Å²) < 4.78 is 10.8. The Morgan fingerprint density at radius 1 is 1.11 bits per heavy atom. The van der Waals surface area contributed by atoms with Gasteiger partial charge in [0.1, 0.15) is 0 Å². The molecule has 3 N–H and O–H groups in total. The van der Waals surface area contributed by atoms with Crippen molar-refractivity contribution in [3.63, 3.8) is 0 Å². The highest BCUT2D eigenvalue weighted by Gasteiger charge is 2.21. The number of aryl methyl sites for hydroxylation is 1. The fourth-order valence-electron chi connectivity index (χ4n) is 3.10. The Hall–Kier alpha value is -2.53. The van der Waals surface area contributed by atoms with Crippen LogP contribution in [-0.4, -0.2) is 26.2 Å². The summed E-state index contributed by atoms with van der Waals surface area (Å²) in [4.78, 5) is 12.6. The fourth-order valence-corrected chi connectivity index (χ4v) is 3.10. The summed E-state index contributed by atoms with van der Waals surface area (Å²) >= 11 is 0. The van der Waals surface area contributed by atoms with Gasteiger partial charge in [0.25, 0.3) is 0 Å². The molecule has 0 spiro atoms. The van der Waals surface area contributed by atoms with Crippen molar-refractivity contribution in [2.24, 2.45) is 5.73 Å². The van der Waals surface area contributed by atoms with Gasteiger partial charge < -0.3 is 20.5 Å². The van der Waals surface area contributed by atoms with Crippen molar-refractivity contribution < 1.29 is 14.3 Å². The van der Waals surface area contributed by atoms with E-state index in [9.17, 15) is 4.79 Å². The molecule has 5 heteroatoms. The molecule has 146 valence electrons. The number of carbonyl (C=O) groups excluding carboxylic acids is 1. The molecule has 0 aliphatic rings. The van der Waals surface area contributed by atoms with Gasteiger partial charge in [-0.05, 0) is 48.6 Å². The van der Waals surface area contributed by atoms with Crippen LogP contribution in [0.25, 0.3) is 0 Å². The van der Waals surface area contributed by atoms with Crippen LogP contribution >= 0.6 is 0 Å². The topological polar surface area (TPSA) is 73.6 Å². The molecular weight excluding hydrogens is 340 g/mol. The van der Waals surface area contributed by atoms with Gasteiger partial charge in [-0.3, -0.25) is 4.79 Å². The Balaban J connectivity index is 2.34. The molecule has 0 heterocycles. The summed E-state index contributed by atoms with van der Waals surface area (Å²) in [6.07, 6.45) is 2.20. The molecule has 2 aromatic carbocycles. The Bertz CT molecular complexity index is 761. The van der Waals surface area contributed by atoms with Gasteiger partial charge in [0, 0.05) is 0 Å². The molecule has 0 fully saturated rings. The van der Waals surface area contributed by atoms with Crippen LogP contribution in [0.1, 0.15) is 42.5 Å². The Kier molecular flexibility index (Phi) is 7.67. The zero-order valence-corrected chi connectivity index (χ0v) is 16.6. The average Bonchev–Trinajstić information content (AvgIpc) is 2.68. The van der Waals surface area contributed by atoms with Crippen LogP contribution in [0.3, 0.4) is 0 Å². The van der Waals surface area contributed by atoms with Crippen LogP contribution in [0, 0.1) is 6.92 Å². The molecule has 0 bridgehead atoms. The minimum absolute atomic E-state index is 0.134. The molecule has 27 heavy (non-hydrogen) atoms. The van der Waals surface area contributed by atoms with Gasteiger partial charge in [-0.25, -0.2) is 0 Å². The summed E-state index contributed by atoms with van der Waals surface area (Å²) in [5, 5.41) is 3.12. The standard InChI is InChI=1S/C22H30N2O3/c1-5-8-18(23)22(25)24-19(13-16-10-7-6-9-15(16)2)17-11-12-20(26-3)21(14-17)27-4/h6-7,9-12,14,18-19H,5,8,13,23H2,1-4H3,(H,24,25). The number of nitrogens with one attached hydrogen (secondary N) is 1. The highest BCUT2D eigenvalue weighted by molar-refractivity contribution is 5.82. The van der Waals surface area contributed by atoms with E-state index >= 15 is 0 Å². The van der Waals surface area contributed by atoms with Gasteiger partial charge in [0.05, 0.1) is 26.3 Å². The van der Waals surface area contributed by atoms with Crippen LogP contribution < -0.4 is 20.5 Å². The molecule has 0 saturated heterocycles. The second-order valence-electron chi connectivity index (χ2n) is 6.70. The Labute approximate surface area is 161 Å². The molecule has 0 saturated carbocycles. The summed E-state index contributed by atoms with van der Waals surface area (Å²) in [6, 6.07) is 13.2. The smallest absolute Gasteiger partial charge is 0.237 e. The van der Waals surface area contributed by atoms with Crippen LogP contribution in [0.5, 0.6) is 11.5 Å². The Morgan fingerprint density at radius 2 is 1.81 bits per heavy atom. The largest absolute Gasteiger partial charge is 0.493 e. The first-order chi connectivity index (χ1) is 13.0.